The van der Waals surface area contributed by atoms with Crippen LogP contribution in [0, 0.1) is 0 Å². The van der Waals surface area contributed by atoms with Crippen molar-refractivity contribution >= 4 is 0 Å². The van der Waals surface area contributed by atoms with E-state index in [1.54, 1.807) is 0 Å². The van der Waals surface area contributed by atoms with Crippen molar-refractivity contribution in [3.8, 4) is 0 Å². The number of nitrogens with one attached hydrogen (secondary N) is 1. The third-order valence-electron chi connectivity index (χ3n) is 3.98. The van der Waals surface area contributed by atoms with Crippen LogP contribution in [0.4, 0.5) is 0 Å². The summed E-state index contributed by atoms with van der Waals surface area (Å²) >= 11 is 0. The fraction of sp³-hybridized carbons (Fsp3) is 1.00. The smallest absolute Gasteiger partial charge is 0.0631 e. The molecule has 0 aromatic carbocycles. The van der Waals surface area contributed by atoms with Crippen molar-refractivity contribution in [3.63, 3.8) is 0 Å². The quantitative estimate of drug-likeness (QED) is 0.450. The highest BCUT2D eigenvalue weighted by atomic mass is 16.3. The maximum absolute atomic E-state index is 10.1. The van der Waals surface area contributed by atoms with E-state index in [1.807, 2.05) is 14.0 Å². The Kier molecular flexibility index (Phi) is 12.9. The summed E-state index contributed by atoms with van der Waals surface area (Å²) in [6.45, 7) is 5.15. The summed E-state index contributed by atoms with van der Waals surface area (Å²) in [6, 6.07) is 0. The van der Waals surface area contributed by atoms with Crippen LogP contribution in [0.3, 0.4) is 0 Å². The molecule has 0 amide bonds. The molecule has 2 N–H and O–H groups in total. The van der Waals surface area contributed by atoms with Crippen LogP contribution >= 0.6 is 0 Å². The van der Waals surface area contributed by atoms with Crippen LogP contribution in [-0.2, 0) is 0 Å². The highest BCUT2D eigenvalue weighted by molar-refractivity contribution is 4.73. The van der Waals surface area contributed by atoms with Crippen molar-refractivity contribution in [3.05, 3.63) is 0 Å². The summed E-state index contributed by atoms with van der Waals surface area (Å²) < 4.78 is 0. The molecule has 0 spiro atoms. The van der Waals surface area contributed by atoms with Gasteiger partial charge in [0, 0.05) is 0 Å². The van der Waals surface area contributed by atoms with Crippen molar-refractivity contribution in [2.75, 3.05) is 13.6 Å². The van der Waals surface area contributed by atoms with Crippen molar-refractivity contribution < 1.29 is 5.11 Å². The SMILES string of the molecule is CCCCCCCCCCCCC(C)(O)CCNC. The number of hydrogen-bond donors (Lipinski definition) is 2. The first kappa shape index (κ1) is 18.9. The van der Waals surface area contributed by atoms with E-state index in [9.17, 15) is 5.11 Å². The summed E-state index contributed by atoms with van der Waals surface area (Å²) in [6.07, 6.45) is 15.4. The van der Waals surface area contributed by atoms with Crippen molar-refractivity contribution in [2.24, 2.45) is 0 Å². The van der Waals surface area contributed by atoms with Gasteiger partial charge in [-0.25, -0.2) is 0 Å². The minimum Gasteiger partial charge on any atom is -0.390 e. The monoisotopic (exact) mass is 271 g/mol. The fourth-order valence-electron chi connectivity index (χ4n) is 2.51. The summed E-state index contributed by atoms with van der Waals surface area (Å²) in [7, 11) is 1.94. The van der Waals surface area contributed by atoms with Crippen LogP contribution in [0.25, 0.3) is 0 Å². The molecule has 0 rings (SSSR count). The Hall–Kier alpha value is -0.0800. The topological polar surface area (TPSA) is 32.3 Å². The number of unbranched alkanes of at least 4 members (excludes halogenated alkanes) is 9. The number of rotatable bonds is 14. The molecule has 1 atom stereocenters. The molecular weight excluding hydrogens is 234 g/mol. The van der Waals surface area contributed by atoms with Crippen LogP contribution in [0.15, 0.2) is 0 Å². The molecule has 2 nitrogen and oxygen atoms in total. The van der Waals surface area contributed by atoms with Gasteiger partial charge in [-0.1, -0.05) is 71.1 Å². The summed E-state index contributed by atoms with van der Waals surface area (Å²) in [4.78, 5) is 0. The summed E-state index contributed by atoms with van der Waals surface area (Å²) in [5.74, 6) is 0. The third-order valence-corrected chi connectivity index (χ3v) is 3.98. The van der Waals surface area contributed by atoms with Crippen LogP contribution in [0.1, 0.15) is 90.9 Å². The van der Waals surface area contributed by atoms with Gasteiger partial charge in [-0.2, -0.15) is 0 Å². The average Bonchev–Trinajstić information content (AvgIpc) is 2.38. The lowest BCUT2D eigenvalue weighted by atomic mass is 9.94. The standard InChI is InChI=1S/C17H37NO/c1-4-5-6-7-8-9-10-11-12-13-14-17(2,19)15-16-18-3/h18-19H,4-16H2,1-3H3. The predicted molar refractivity (Wildman–Crippen MR) is 85.6 cm³/mol. The van der Waals surface area contributed by atoms with E-state index in [4.69, 9.17) is 0 Å². The van der Waals surface area contributed by atoms with Gasteiger partial charge in [0.05, 0.1) is 5.60 Å². The van der Waals surface area contributed by atoms with Crippen molar-refractivity contribution in [1.29, 1.82) is 0 Å². The van der Waals surface area contributed by atoms with Gasteiger partial charge < -0.3 is 10.4 Å². The summed E-state index contributed by atoms with van der Waals surface area (Å²) in [5.41, 5.74) is -0.469. The van der Waals surface area contributed by atoms with Gasteiger partial charge in [0.1, 0.15) is 0 Å². The van der Waals surface area contributed by atoms with E-state index in [0.29, 0.717) is 0 Å². The molecule has 2 heteroatoms. The molecule has 0 aromatic rings. The molecule has 0 aliphatic carbocycles. The highest BCUT2D eigenvalue weighted by Crippen LogP contribution is 2.19. The lowest BCUT2D eigenvalue weighted by molar-refractivity contribution is 0.0400. The summed E-state index contributed by atoms with van der Waals surface area (Å²) in [5, 5.41) is 13.2. The normalized spacial score (nSPS) is 14.5. The van der Waals surface area contributed by atoms with Crippen molar-refractivity contribution in [1.82, 2.24) is 5.32 Å². The zero-order chi connectivity index (χ0) is 14.4. The maximum Gasteiger partial charge on any atom is 0.0631 e. The molecule has 0 fully saturated rings. The largest absolute Gasteiger partial charge is 0.390 e. The van der Waals surface area contributed by atoms with Gasteiger partial charge in [-0.05, 0) is 33.4 Å². The van der Waals surface area contributed by atoms with Gasteiger partial charge in [0.15, 0.2) is 0 Å². The Morgan fingerprint density at radius 1 is 0.789 bits per heavy atom. The van der Waals surface area contributed by atoms with Crippen LogP contribution < -0.4 is 5.32 Å². The van der Waals surface area contributed by atoms with Gasteiger partial charge >= 0.3 is 0 Å². The lowest BCUT2D eigenvalue weighted by Gasteiger charge is -2.22. The highest BCUT2D eigenvalue weighted by Gasteiger charge is 2.18. The van der Waals surface area contributed by atoms with Gasteiger partial charge in [0.2, 0.25) is 0 Å². The van der Waals surface area contributed by atoms with E-state index in [-0.39, 0.29) is 0 Å². The molecular formula is C17H37NO. The van der Waals surface area contributed by atoms with E-state index in [1.165, 1.54) is 64.2 Å². The van der Waals surface area contributed by atoms with Crippen LogP contribution in [0.2, 0.25) is 0 Å². The second-order valence-corrected chi connectivity index (χ2v) is 6.28. The zero-order valence-corrected chi connectivity index (χ0v) is 13.6. The molecule has 0 saturated heterocycles. The lowest BCUT2D eigenvalue weighted by Crippen LogP contribution is -2.28. The molecule has 116 valence electrons. The number of hydrogen-bond acceptors (Lipinski definition) is 2. The second-order valence-electron chi connectivity index (χ2n) is 6.28. The van der Waals surface area contributed by atoms with Crippen molar-refractivity contribution in [2.45, 2.75) is 96.5 Å². The van der Waals surface area contributed by atoms with E-state index in [2.05, 4.69) is 12.2 Å². The average molecular weight is 271 g/mol. The molecule has 19 heavy (non-hydrogen) atoms. The first-order valence-corrected chi connectivity index (χ1v) is 8.49. The Labute approximate surface area is 121 Å². The minimum atomic E-state index is -0.469. The fourth-order valence-corrected chi connectivity index (χ4v) is 2.51. The number of aliphatic hydroxyl groups is 1. The molecule has 0 aliphatic heterocycles. The molecule has 0 saturated carbocycles. The zero-order valence-electron chi connectivity index (χ0n) is 13.6. The van der Waals surface area contributed by atoms with Gasteiger partial charge in [-0.15, -0.1) is 0 Å². The van der Waals surface area contributed by atoms with Gasteiger partial charge in [0.25, 0.3) is 0 Å². The van der Waals surface area contributed by atoms with Gasteiger partial charge in [-0.3, -0.25) is 0 Å². The predicted octanol–water partition coefficient (Wildman–Crippen LogP) is 4.66. The Morgan fingerprint density at radius 2 is 1.26 bits per heavy atom. The maximum atomic E-state index is 10.1. The second kappa shape index (κ2) is 12.9. The first-order valence-electron chi connectivity index (χ1n) is 8.49. The molecule has 0 aliphatic rings. The van der Waals surface area contributed by atoms with Crippen LogP contribution in [0.5, 0.6) is 0 Å². The Bertz CT molecular complexity index is 180. The molecule has 0 heterocycles. The molecule has 0 bridgehead atoms. The van der Waals surface area contributed by atoms with E-state index < -0.39 is 5.60 Å². The van der Waals surface area contributed by atoms with Crippen LogP contribution in [-0.4, -0.2) is 24.3 Å². The molecule has 0 aromatic heterocycles. The Morgan fingerprint density at radius 3 is 1.74 bits per heavy atom. The van der Waals surface area contributed by atoms with E-state index in [0.717, 1.165) is 19.4 Å². The first-order chi connectivity index (χ1) is 9.12. The molecule has 1 unspecified atom stereocenters. The third kappa shape index (κ3) is 14.1. The Balaban J connectivity index is 3.21. The molecule has 0 radical (unpaired) electrons. The minimum absolute atomic E-state index is 0.469. The van der Waals surface area contributed by atoms with E-state index >= 15 is 0 Å².